The minimum atomic E-state index is 0.192. The summed E-state index contributed by atoms with van der Waals surface area (Å²) in [6.07, 6.45) is 9.09. The Hall–Kier alpha value is -2.14. The first-order chi connectivity index (χ1) is 14.8. The molecule has 0 atom stereocenters. The van der Waals surface area contributed by atoms with Gasteiger partial charge >= 0.3 is 0 Å². The molecule has 2 heterocycles. The van der Waals surface area contributed by atoms with Gasteiger partial charge in [0.2, 0.25) is 12.3 Å². The van der Waals surface area contributed by atoms with E-state index in [0.717, 1.165) is 44.1 Å². The largest absolute Gasteiger partial charge is 0.423 e. The van der Waals surface area contributed by atoms with Gasteiger partial charge in [0.15, 0.2) is 0 Å². The van der Waals surface area contributed by atoms with E-state index in [-0.39, 0.29) is 10.8 Å². The second kappa shape index (κ2) is 7.77. The molecule has 5 rings (SSSR count). The molecule has 1 aromatic carbocycles. The molecule has 1 aromatic heterocycles. The molecule has 0 radical (unpaired) electrons. The van der Waals surface area contributed by atoms with Crippen LogP contribution in [-0.2, 0) is 0 Å². The van der Waals surface area contributed by atoms with E-state index in [1.165, 1.54) is 49.0 Å². The van der Waals surface area contributed by atoms with E-state index < -0.39 is 0 Å². The Bertz CT molecular complexity index is 948. The number of piperazine rings is 1. The minimum Gasteiger partial charge on any atom is -0.423 e. The Morgan fingerprint density at radius 1 is 1.06 bits per heavy atom. The number of aromatic nitrogens is 2. The summed E-state index contributed by atoms with van der Waals surface area (Å²) in [5, 5.41) is 8.05. The zero-order chi connectivity index (χ0) is 21.6. The van der Waals surface area contributed by atoms with Crippen LogP contribution in [0.15, 0.2) is 35.1 Å². The highest BCUT2D eigenvalue weighted by molar-refractivity contribution is 5.81. The summed E-state index contributed by atoms with van der Waals surface area (Å²) in [7, 11) is 0. The van der Waals surface area contributed by atoms with Gasteiger partial charge in [-0.3, -0.25) is 4.90 Å². The van der Waals surface area contributed by atoms with Crippen molar-refractivity contribution in [1.29, 1.82) is 0 Å². The van der Waals surface area contributed by atoms with E-state index >= 15 is 0 Å². The molecule has 2 aliphatic carbocycles. The fraction of sp³-hybridized carbons (Fsp3) is 0.615. The first-order valence-electron chi connectivity index (χ1n) is 11.9. The molecule has 31 heavy (non-hydrogen) atoms. The third-order valence-electron chi connectivity index (χ3n) is 7.04. The highest BCUT2D eigenvalue weighted by atomic mass is 16.4. The van der Waals surface area contributed by atoms with Gasteiger partial charge in [-0.15, -0.1) is 10.2 Å². The summed E-state index contributed by atoms with van der Waals surface area (Å²) >= 11 is 0. The van der Waals surface area contributed by atoms with E-state index in [1.807, 2.05) is 0 Å². The lowest BCUT2D eigenvalue weighted by molar-refractivity contribution is 0.228. The van der Waals surface area contributed by atoms with Crippen LogP contribution in [0.25, 0.3) is 17.0 Å². The van der Waals surface area contributed by atoms with Gasteiger partial charge in [0.1, 0.15) is 0 Å². The van der Waals surface area contributed by atoms with Crippen molar-refractivity contribution < 1.29 is 4.42 Å². The molecule has 0 bridgehead atoms. The van der Waals surface area contributed by atoms with Crippen molar-refractivity contribution >= 4 is 11.3 Å². The minimum absolute atomic E-state index is 0.192. The molecule has 2 aromatic rings. The zero-order valence-corrected chi connectivity index (χ0v) is 19.5. The first-order valence-corrected chi connectivity index (χ1v) is 11.9. The van der Waals surface area contributed by atoms with Crippen molar-refractivity contribution in [2.24, 2.45) is 16.7 Å². The number of rotatable bonds is 5. The quantitative estimate of drug-likeness (QED) is 0.639. The lowest BCUT2D eigenvalue weighted by atomic mass is 9.65. The molecule has 5 nitrogen and oxygen atoms in total. The second-order valence-corrected chi connectivity index (χ2v) is 11.4. The Labute approximate surface area is 186 Å². The third kappa shape index (κ3) is 4.72. The summed E-state index contributed by atoms with van der Waals surface area (Å²) in [6, 6.07) is 6.70. The predicted molar refractivity (Wildman–Crippen MR) is 126 cm³/mol. The number of benzene rings is 1. The van der Waals surface area contributed by atoms with Crippen molar-refractivity contribution in [2.45, 2.75) is 53.4 Å². The first kappa shape index (κ1) is 20.7. The van der Waals surface area contributed by atoms with Gasteiger partial charge < -0.3 is 9.32 Å². The summed E-state index contributed by atoms with van der Waals surface area (Å²) in [5.74, 6) is 1.56. The molecule has 1 saturated heterocycles. The number of hydrogen-bond donors (Lipinski definition) is 0. The van der Waals surface area contributed by atoms with Crippen LogP contribution in [0.1, 0.15) is 58.9 Å². The maximum atomic E-state index is 5.52. The van der Waals surface area contributed by atoms with E-state index in [9.17, 15) is 0 Å². The van der Waals surface area contributed by atoms with Crippen molar-refractivity contribution in [3.63, 3.8) is 0 Å². The van der Waals surface area contributed by atoms with Crippen molar-refractivity contribution in [3.8, 4) is 11.5 Å². The van der Waals surface area contributed by atoms with Gasteiger partial charge in [0.25, 0.3) is 0 Å². The molecule has 1 saturated carbocycles. The fourth-order valence-electron chi connectivity index (χ4n) is 5.90. The fourth-order valence-corrected chi connectivity index (χ4v) is 5.90. The highest BCUT2D eigenvalue weighted by Gasteiger charge is 2.35. The lowest BCUT2D eigenvalue weighted by Crippen LogP contribution is -2.47. The summed E-state index contributed by atoms with van der Waals surface area (Å²) < 4.78 is 5.52. The van der Waals surface area contributed by atoms with Crippen molar-refractivity contribution in [1.82, 2.24) is 15.1 Å². The predicted octanol–water partition coefficient (Wildman–Crippen LogP) is 5.50. The average molecular weight is 421 g/mol. The lowest BCUT2D eigenvalue weighted by Gasteiger charge is -2.41. The maximum absolute atomic E-state index is 5.52. The van der Waals surface area contributed by atoms with Crippen LogP contribution in [0, 0.1) is 16.7 Å². The smallest absolute Gasteiger partial charge is 0.247 e. The standard InChI is InChI=1S/C26H36N4O/c1-25(2)14-21(15-26(3,4)17-25)22-13-20(24-28-27-18-31-24)7-8-23(22)30-11-9-29(10-12-30)16-19-5-6-19/h7-8,13-14,18-19H,5-6,9-12,15-17H2,1-4H3. The number of allylic oxidation sites excluding steroid dienone is 2. The third-order valence-corrected chi connectivity index (χ3v) is 7.04. The van der Waals surface area contributed by atoms with Gasteiger partial charge in [-0.1, -0.05) is 33.8 Å². The Balaban J connectivity index is 1.48. The Morgan fingerprint density at radius 2 is 1.84 bits per heavy atom. The molecule has 5 heteroatoms. The average Bonchev–Trinajstić information content (AvgIpc) is 3.34. The summed E-state index contributed by atoms with van der Waals surface area (Å²) in [4.78, 5) is 5.25. The summed E-state index contributed by atoms with van der Waals surface area (Å²) in [6.45, 7) is 15.4. The van der Waals surface area contributed by atoms with Gasteiger partial charge in [0, 0.05) is 49.5 Å². The molecule has 2 fully saturated rings. The number of hydrogen-bond acceptors (Lipinski definition) is 5. The Morgan fingerprint density at radius 3 is 2.48 bits per heavy atom. The summed E-state index contributed by atoms with van der Waals surface area (Å²) in [5.41, 5.74) is 5.64. The SMILES string of the molecule is CC1(C)C=C(c2cc(-c3nnco3)ccc2N2CCN(CC3CC3)CC2)CC(C)(C)C1. The van der Waals surface area contributed by atoms with Crippen LogP contribution < -0.4 is 4.90 Å². The van der Waals surface area contributed by atoms with Crippen LogP contribution in [-0.4, -0.2) is 47.8 Å². The van der Waals surface area contributed by atoms with Crippen LogP contribution in [0.3, 0.4) is 0 Å². The number of anilines is 1. The topological polar surface area (TPSA) is 45.4 Å². The zero-order valence-electron chi connectivity index (χ0n) is 19.5. The van der Waals surface area contributed by atoms with Crippen LogP contribution >= 0.6 is 0 Å². The van der Waals surface area contributed by atoms with Crippen LogP contribution in [0.5, 0.6) is 0 Å². The van der Waals surface area contributed by atoms with E-state index in [0.29, 0.717) is 5.89 Å². The monoisotopic (exact) mass is 420 g/mol. The molecule has 166 valence electrons. The van der Waals surface area contributed by atoms with Crippen molar-refractivity contribution in [2.75, 3.05) is 37.6 Å². The molecular formula is C26H36N4O. The molecule has 3 aliphatic rings. The number of nitrogens with zero attached hydrogens (tertiary/aromatic N) is 4. The van der Waals surface area contributed by atoms with Gasteiger partial charge in [-0.25, -0.2) is 0 Å². The molecule has 0 amide bonds. The van der Waals surface area contributed by atoms with Gasteiger partial charge in [0.05, 0.1) is 0 Å². The molecular weight excluding hydrogens is 384 g/mol. The van der Waals surface area contributed by atoms with Gasteiger partial charge in [-0.05, 0) is 66.2 Å². The Kier molecular flexibility index (Phi) is 5.20. The normalized spacial score (nSPS) is 23.6. The molecule has 0 spiro atoms. The van der Waals surface area contributed by atoms with E-state index in [1.54, 1.807) is 0 Å². The molecule has 0 N–H and O–H groups in total. The van der Waals surface area contributed by atoms with E-state index in [2.05, 4.69) is 72.0 Å². The van der Waals surface area contributed by atoms with E-state index in [4.69, 9.17) is 4.42 Å². The highest BCUT2D eigenvalue weighted by Crippen LogP contribution is 2.49. The van der Waals surface area contributed by atoms with Gasteiger partial charge in [-0.2, -0.15) is 0 Å². The van der Waals surface area contributed by atoms with Crippen LogP contribution in [0.2, 0.25) is 0 Å². The van der Waals surface area contributed by atoms with Crippen LogP contribution in [0.4, 0.5) is 5.69 Å². The second-order valence-electron chi connectivity index (χ2n) is 11.4. The molecule has 1 aliphatic heterocycles. The maximum Gasteiger partial charge on any atom is 0.247 e. The van der Waals surface area contributed by atoms with Crippen molar-refractivity contribution in [3.05, 3.63) is 36.2 Å². The molecule has 0 unspecified atom stereocenters.